The summed E-state index contributed by atoms with van der Waals surface area (Å²) in [5.74, 6) is -1.53. The molecule has 0 radical (unpaired) electrons. The van der Waals surface area contributed by atoms with Crippen LogP contribution >= 0.6 is 0 Å². The van der Waals surface area contributed by atoms with Gasteiger partial charge in [-0.2, -0.15) is 0 Å². The van der Waals surface area contributed by atoms with Crippen molar-refractivity contribution in [3.8, 4) is 0 Å². The molecular formula is C12H11NO4. The first-order valence-corrected chi connectivity index (χ1v) is 5.18. The van der Waals surface area contributed by atoms with E-state index in [0.717, 1.165) is 4.90 Å². The second-order valence-electron chi connectivity index (χ2n) is 3.83. The van der Waals surface area contributed by atoms with Crippen LogP contribution in [0.3, 0.4) is 0 Å². The van der Waals surface area contributed by atoms with Crippen LogP contribution in [0.1, 0.15) is 27.6 Å². The van der Waals surface area contributed by atoms with Crippen molar-refractivity contribution < 1.29 is 19.5 Å². The van der Waals surface area contributed by atoms with Crippen LogP contribution in [0.25, 0.3) is 0 Å². The lowest BCUT2D eigenvalue weighted by Crippen LogP contribution is -2.43. The summed E-state index contributed by atoms with van der Waals surface area (Å²) in [5, 5.41) is 8.76. The average molecular weight is 233 g/mol. The summed E-state index contributed by atoms with van der Waals surface area (Å²) in [6.07, 6.45) is 0. The Bertz CT molecular complexity index is 474. The number of rotatable bonds is 3. The highest BCUT2D eigenvalue weighted by Crippen LogP contribution is 2.24. The SMILES string of the molecule is CC(C(=O)CO)N1C(=O)c2ccccc2C1=O. The van der Waals surface area contributed by atoms with Gasteiger partial charge in [-0.3, -0.25) is 19.3 Å². The second-order valence-corrected chi connectivity index (χ2v) is 3.83. The zero-order chi connectivity index (χ0) is 12.6. The molecule has 0 aliphatic carbocycles. The summed E-state index contributed by atoms with van der Waals surface area (Å²) in [4.78, 5) is 36.1. The van der Waals surface area contributed by atoms with E-state index in [-0.39, 0.29) is 0 Å². The number of imide groups is 1. The fourth-order valence-corrected chi connectivity index (χ4v) is 1.84. The Labute approximate surface area is 97.7 Å². The van der Waals surface area contributed by atoms with Crippen LogP contribution < -0.4 is 0 Å². The monoisotopic (exact) mass is 233 g/mol. The van der Waals surface area contributed by atoms with Gasteiger partial charge >= 0.3 is 0 Å². The van der Waals surface area contributed by atoms with Crippen LogP contribution in [-0.2, 0) is 4.79 Å². The molecule has 0 fully saturated rings. The Morgan fingerprint density at radius 1 is 1.24 bits per heavy atom. The minimum absolute atomic E-state index is 0.301. The minimum atomic E-state index is -0.938. The molecule has 1 aromatic rings. The van der Waals surface area contributed by atoms with Crippen LogP contribution in [0.4, 0.5) is 0 Å². The van der Waals surface area contributed by atoms with E-state index >= 15 is 0 Å². The Morgan fingerprint density at radius 2 is 1.71 bits per heavy atom. The molecule has 1 N–H and O–H groups in total. The zero-order valence-corrected chi connectivity index (χ0v) is 9.21. The average Bonchev–Trinajstić information content (AvgIpc) is 2.61. The third-order valence-corrected chi connectivity index (χ3v) is 2.83. The lowest BCUT2D eigenvalue weighted by Gasteiger charge is -2.20. The van der Waals surface area contributed by atoms with Gasteiger partial charge in [0.05, 0.1) is 17.2 Å². The molecule has 88 valence electrons. The fraction of sp³-hybridized carbons (Fsp3) is 0.250. The fourth-order valence-electron chi connectivity index (χ4n) is 1.84. The number of carbonyl (C=O) groups is 3. The number of ketones is 1. The maximum atomic E-state index is 11.9. The third kappa shape index (κ3) is 1.64. The Balaban J connectivity index is 2.40. The van der Waals surface area contributed by atoms with Crippen molar-refractivity contribution in [2.24, 2.45) is 0 Å². The van der Waals surface area contributed by atoms with Crippen LogP contribution in [0.5, 0.6) is 0 Å². The van der Waals surface area contributed by atoms with E-state index in [1.165, 1.54) is 6.92 Å². The van der Waals surface area contributed by atoms with E-state index in [1.54, 1.807) is 24.3 Å². The quantitative estimate of drug-likeness (QED) is 0.758. The first-order chi connectivity index (χ1) is 8.07. The minimum Gasteiger partial charge on any atom is -0.389 e. The molecule has 2 amide bonds. The molecule has 17 heavy (non-hydrogen) atoms. The molecule has 0 bridgehead atoms. The van der Waals surface area contributed by atoms with Crippen LogP contribution in [0.15, 0.2) is 24.3 Å². The van der Waals surface area contributed by atoms with Crippen molar-refractivity contribution >= 4 is 17.6 Å². The molecule has 0 aromatic heterocycles. The molecule has 0 saturated carbocycles. The van der Waals surface area contributed by atoms with Gasteiger partial charge in [-0.05, 0) is 19.1 Å². The number of Topliss-reactive ketones (excluding diaryl/α,β-unsaturated/α-hetero) is 1. The number of amides is 2. The van der Waals surface area contributed by atoms with Gasteiger partial charge < -0.3 is 5.11 Å². The number of benzene rings is 1. The molecule has 1 heterocycles. The van der Waals surface area contributed by atoms with Gasteiger partial charge in [0, 0.05) is 0 Å². The number of aliphatic hydroxyl groups excluding tert-OH is 1. The molecule has 0 spiro atoms. The molecule has 1 unspecified atom stereocenters. The van der Waals surface area contributed by atoms with E-state index in [9.17, 15) is 14.4 Å². The van der Waals surface area contributed by atoms with Crippen LogP contribution in [-0.4, -0.2) is 40.3 Å². The molecule has 1 atom stereocenters. The molecule has 5 heteroatoms. The highest BCUT2D eigenvalue weighted by molar-refractivity contribution is 6.22. The lowest BCUT2D eigenvalue weighted by atomic mass is 10.1. The first kappa shape index (κ1) is 11.5. The van der Waals surface area contributed by atoms with Gasteiger partial charge in [0.15, 0.2) is 5.78 Å². The zero-order valence-electron chi connectivity index (χ0n) is 9.21. The van der Waals surface area contributed by atoms with Crippen molar-refractivity contribution in [3.05, 3.63) is 35.4 Å². The molecule has 5 nitrogen and oxygen atoms in total. The van der Waals surface area contributed by atoms with Crippen molar-refractivity contribution in [2.45, 2.75) is 13.0 Å². The smallest absolute Gasteiger partial charge is 0.262 e. The summed E-state index contributed by atoms with van der Waals surface area (Å²) in [6.45, 7) is 0.745. The van der Waals surface area contributed by atoms with Crippen molar-refractivity contribution in [1.82, 2.24) is 4.90 Å². The molecule has 1 aliphatic rings. The lowest BCUT2D eigenvalue weighted by molar-refractivity contribution is -0.125. The van der Waals surface area contributed by atoms with E-state index in [0.29, 0.717) is 11.1 Å². The van der Waals surface area contributed by atoms with Gasteiger partial charge in [0.2, 0.25) is 0 Å². The second kappa shape index (κ2) is 4.10. The topological polar surface area (TPSA) is 74.7 Å². The van der Waals surface area contributed by atoms with Crippen molar-refractivity contribution in [1.29, 1.82) is 0 Å². The molecule has 1 aliphatic heterocycles. The number of aliphatic hydroxyl groups is 1. The van der Waals surface area contributed by atoms with Gasteiger partial charge in [0.25, 0.3) is 11.8 Å². The standard InChI is InChI=1S/C12H11NO4/c1-7(10(15)6-14)13-11(16)8-4-2-3-5-9(8)12(13)17/h2-5,7,14H,6H2,1H3. The van der Waals surface area contributed by atoms with E-state index in [2.05, 4.69) is 0 Å². The summed E-state index contributed by atoms with van der Waals surface area (Å²) in [7, 11) is 0. The van der Waals surface area contributed by atoms with Gasteiger partial charge in [-0.25, -0.2) is 0 Å². The maximum absolute atomic E-state index is 11.9. The number of hydrogen-bond donors (Lipinski definition) is 1. The molecule has 0 saturated heterocycles. The van der Waals surface area contributed by atoms with Crippen LogP contribution in [0, 0.1) is 0 Å². The van der Waals surface area contributed by atoms with Crippen molar-refractivity contribution in [2.75, 3.05) is 6.61 Å². The Hall–Kier alpha value is -2.01. The summed E-state index contributed by atoms with van der Waals surface area (Å²) in [6, 6.07) is 5.47. The summed E-state index contributed by atoms with van der Waals surface area (Å²) >= 11 is 0. The molecular weight excluding hydrogens is 222 g/mol. The van der Waals surface area contributed by atoms with Gasteiger partial charge in [-0.15, -0.1) is 0 Å². The Morgan fingerprint density at radius 3 is 2.12 bits per heavy atom. The predicted octanol–water partition coefficient (Wildman–Crippen LogP) is 0.233. The molecule has 2 rings (SSSR count). The van der Waals surface area contributed by atoms with E-state index in [1.807, 2.05) is 0 Å². The highest BCUT2D eigenvalue weighted by atomic mass is 16.3. The third-order valence-electron chi connectivity index (χ3n) is 2.83. The summed E-state index contributed by atoms with van der Waals surface area (Å²) < 4.78 is 0. The van der Waals surface area contributed by atoms with Crippen LogP contribution in [0.2, 0.25) is 0 Å². The summed E-state index contributed by atoms with van der Waals surface area (Å²) in [5.41, 5.74) is 0.602. The highest BCUT2D eigenvalue weighted by Gasteiger charge is 2.40. The van der Waals surface area contributed by atoms with E-state index < -0.39 is 30.2 Å². The van der Waals surface area contributed by atoms with Gasteiger partial charge in [-0.1, -0.05) is 12.1 Å². The van der Waals surface area contributed by atoms with Gasteiger partial charge in [0.1, 0.15) is 6.61 Å². The number of carbonyl (C=O) groups excluding carboxylic acids is 3. The largest absolute Gasteiger partial charge is 0.389 e. The number of nitrogens with zero attached hydrogens (tertiary/aromatic N) is 1. The van der Waals surface area contributed by atoms with E-state index in [4.69, 9.17) is 5.11 Å². The predicted molar refractivity (Wildman–Crippen MR) is 58.5 cm³/mol. The number of hydrogen-bond acceptors (Lipinski definition) is 4. The Kier molecular flexibility index (Phi) is 2.77. The first-order valence-electron chi connectivity index (χ1n) is 5.18. The molecule has 1 aromatic carbocycles. The van der Waals surface area contributed by atoms with Crippen molar-refractivity contribution in [3.63, 3.8) is 0 Å². The maximum Gasteiger partial charge on any atom is 0.262 e. The number of fused-ring (bicyclic) bond motifs is 1. The normalized spacial score (nSPS) is 16.0.